The SMILES string of the molecule is CNc1cc(COc2cc(F)ccc2F)ccc1[N+](=O)[O-]. The number of halogens is 2. The third-order valence-electron chi connectivity index (χ3n) is 2.81. The number of nitro benzene ring substituents is 1. The molecule has 0 heterocycles. The van der Waals surface area contributed by atoms with Crippen LogP contribution in [0.3, 0.4) is 0 Å². The van der Waals surface area contributed by atoms with E-state index in [0.717, 1.165) is 18.2 Å². The maximum Gasteiger partial charge on any atom is 0.292 e. The molecule has 0 aromatic heterocycles. The van der Waals surface area contributed by atoms with E-state index in [2.05, 4.69) is 5.32 Å². The molecular weight excluding hydrogens is 282 g/mol. The Labute approximate surface area is 119 Å². The normalized spacial score (nSPS) is 10.2. The fourth-order valence-electron chi connectivity index (χ4n) is 1.78. The lowest BCUT2D eigenvalue weighted by molar-refractivity contribution is -0.384. The van der Waals surface area contributed by atoms with Gasteiger partial charge < -0.3 is 10.1 Å². The van der Waals surface area contributed by atoms with E-state index in [1.165, 1.54) is 18.2 Å². The highest BCUT2D eigenvalue weighted by atomic mass is 19.1. The maximum atomic E-state index is 13.4. The molecule has 0 aliphatic heterocycles. The van der Waals surface area contributed by atoms with E-state index in [1.54, 1.807) is 7.05 Å². The number of hydrogen-bond donors (Lipinski definition) is 1. The summed E-state index contributed by atoms with van der Waals surface area (Å²) >= 11 is 0. The second-order valence-corrected chi connectivity index (χ2v) is 4.22. The quantitative estimate of drug-likeness (QED) is 0.677. The molecule has 2 rings (SSSR count). The number of ether oxygens (including phenoxy) is 1. The van der Waals surface area contributed by atoms with E-state index >= 15 is 0 Å². The van der Waals surface area contributed by atoms with Crippen molar-refractivity contribution in [3.8, 4) is 5.75 Å². The van der Waals surface area contributed by atoms with Gasteiger partial charge in [-0.2, -0.15) is 0 Å². The van der Waals surface area contributed by atoms with Crippen LogP contribution in [0, 0.1) is 21.7 Å². The van der Waals surface area contributed by atoms with E-state index in [9.17, 15) is 18.9 Å². The molecule has 0 amide bonds. The van der Waals surface area contributed by atoms with Crippen LogP contribution in [0.5, 0.6) is 5.75 Å². The van der Waals surface area contributed by atoms with E-state index in [4.69, 9.17) is 4.74 Å². The molecule has 21 heavy (non-hydrogen) atoms. The topological polar surface area (TPSA) is 64.4 Å². The van der Waals surface area contributed by atoms with Crippen LogP contribution in [-0.2, 0) is 6.61 Å². The Morgan fingerprint density at radius 1 is 1.24 bits per heavy atom. The van der Waals surface area contributed by atoms with Crippen LogP contribution in [0.25, 0.3) is 0 Å². The number of nitrogens with one attached hydrogen (secondary N) is 1. The monoisotopic (exact) mass is 294 g/mol. The molecule has 2 aromatic carbocycles. The van der Waals surface area contributed by atoms with Crippen LogP contribution in [0.15, 0.2) is 36.4 Å². The Morgan fingerprint density at radius 3 is 2.67 bits per heavy atom. The summed E-state index contributed by atoms with van der Waals surface area (Å²) in [6.07, 6.45) is 0. The summed E-state index contributed by atoms with van der Waals surface area (Å²) in [4.78, 5) is 10.3. The molecule has 0 fully saturated rings. The number of nitro groups is 1. The minimum absolute atomic E-state index is 0.0347. The highest BCUT2D eigenvalue weighted by molar-refractivity contribution is 5.62. The Bertz CT molecular complexity index is 677. The molecular formula is C14H12F2N2O3. The van der Waals surface area contributed by atoms with Crippen molar-refractivity contribution in [3.63, 3.8) is 0 Å². The van der Waals surface area contributed by atoms with Gasteiger partial charge in [-0.1, -0.05) is 0 Å². The zero-order valence-electron chi connectivity index (χ0n) is 11.1. The predicted octanol–water partition coefficient (Wildman–Crippen LogP) is 3.49. The fourth-order valence-corrected chi connectivity index (χ4v) is 1.78. The summed E-state index contributed by atoms with van der Waals surface area (Å²) in [6, 6.07) is 7.25. The number of anilines is 1. The fraction of sp³-hybridized carbons (Fsp3) is 0.143. The van der Waals surface area contributed by atoms with Gasteiger partial charge in [-0.25, -0.2) is 8.78 Å². The van der Waals surface area contributed by atoms with Crippen molar-refractivity contribution in [1.29, 1.82) is 0 Å². The molecule has 0 saturated carbocycles. The average molecular weight is 294 g/mol. The number of nitrogens with zero attached hydrogens (tertiary/aromatic N) is 1. The van der Waals surface area contributed by atoms with E-state index in [1.807, 2.05) is 0 Å². The second-order valence-electron chi connectivity index (χ2n) is 4.22. The van der Waals surface area contributed by atoms with Crippen molar-refractivity contribution in [3.05, 3.63) is 63.7 Å². The zero-order chi connectivity index (χ0) is 15.4. The molecule has 0 radical (unpaired) electrons. The summed E-state index contributed by atoms with van der Waals surface area (Å²) in [6.45, 7) is -0.0347. The van der Waals surface area contributed by atoms with Gasteiger partial charge in [0.25, 0.3) is 5.69 Å². The Morgan fingerprint density at radius 2 is 2.00 bits per heavy atom. The van der Waals surface area contributed by atoms with Crippen molar-refractivity contribution < 1.29 is 18.4 Å². The summed E-state index contributed by atoms with van der Waals surface area (Å²) < 4.78 is 31.6. The lowest BCUT2D eigenvalue weighted by Crippen LogP contribution is -2.01. The van der Waals surface area contributed by atoms with Gasteiger partial charge in [0.2, 0.25) is 0 Å². The summed E-state index contributed by atoms with van der Waals surface area (Å²) in [5.74, 6) is -1.49. The molecule has 5 nitrogen and oxygen atoms in total. The van der Waals surface area contributed by atoms with Crippen molar-refractivity contribution in [1.82, 2.24) is 0 Å². The molecule has 2 aromatic rings. The lowest BCUT2D eigenvalue weighted by atomic mass is 10.2. The molecule has 110 valence electrons. The van der Waals surface area contributed by atoms with Crippen LogP contribution in [-0.4, -0.2) is 12.0 Å². The molecule has 7 heteroatoms. The van der Waals surface area contributed by atoms with Crippen molar-refractivity contribution in [2.75, 3.05) is 12.4 Å². The minimum atomic E-state index is -0.674. The first kappa shape index (κ1) is 14.7. The zero-order valence-corrected chi connectivity index (χ0v) is 11.1. The van der Waals surface area contributed by atoms with Crippen LogP contribution < -0.4 is 10.1 Å². The van der Waals surface area contributed by atoms with Crippen LogP contribution in [0.4, 0.5) is 20.2 Å². The lowest BCUT2D eigenvalue weighted by Gasteiger charge is -2.09. The summed E-state index contributed by atoms with van der Waals surface area (Å²) in [5, 5.41) is 13.5. The molecule has 0 unspecified atom stereocenters. The standard InChI is InChI=1S/C14H12F2N2O3/c1-17-12-6-9(2-5-13(12)18(19)20)8-21-14-7-10(15)3-4-11(14)16/h2-7,17H,8H2,1H3. The van der Waals surface area contributed by atoms with E-state index < -0.39 is 16.6 Å². The number of benzene rings is 2. The van der Waals surface area contributed by atoms with Gasteiger partial charge in [0.1, 0.15) is 18.1 Å². The smallest absolute Gasteiger partial charge is 0.292 e. The van der Waals surface area contributed by atoms with Crippen molar-refractivity contribution in [2.45, 2.75) is 6.61 Å². The van der Waals surface area contributed by atoms with Gasteiger partial charge >= 0.3 is 0 Å². The summed E-state index contributed by atoms with van der Waals surface area (Å²) in [7, 11) is 1.55. The van der Waals surface area contributed by atoms with Gasteiger partial charge in [0, 0.05) is 19.2 Å². The highest BCUT2D eigenvalue weighted by Crippen LogP contribution is 2.26. The largest absolute Gasteiger partial charge is 0.486 e. The van der Waals surface area contributed by atoms with E-state index in [0.29, 0.717) is 11.3 Å². The molecule has 0 atom stereocenters. The Kier molecular flexibility index (Phi) is 4.32. The number of hydrogen-bond acceptors (Lipinski definition) is 4. The Hall–Kier alpha value is -2.70. The molecule has 0 spiro atoms. The van der Waals surface area contributed by atoms with Crippen molar-refractivity contribution in [2.24, 2.45) is 0 Å². The van der Waals surface area contributed by atoms with Crippen LogP contribution in [0.1, 0.15) is 5.56 Å². The molecule has 0 saturated heterocycles. The minimum Gasteiger partial charge on any atom is -0.486 e. The predicted molar refractivity (Wildman–Crippen MR) is 73.3 cm³/mol. The van der Waals surface area contributed by atoms with Gasteiger partial charge in [-0.05, 0) is 29.8 Å². The van der Waals surface area contributed by atoms with Gasteiger partial charge in [0.05, 0.1) is 4.92 Å². The number of rotatable bonds is 5. The molecule has 0 aliphatic rings. The third kappa shape index (κ3) is 3.44. The first-order valence-electron chi connectivity index (χ1n) is 6.04. The van der Waals surface area contributed by atoms with Crippen LogP contribution >= 0.6 is 0 Å². The van der Waals surface area contributed by atoms with Gasteiger partial charge in [-0.3, -0.25) is 10.1 Å². The van der Waals surface area contributed by atoms with Gasteiger partial charge in [-0.15, -0.1) is 0 Å². The average Bonchev–Trinajstić information content (AvgIpc) is 2.47. The third-order valence-corrected chi connectivity index (χ3v) is 2.81. The van der Waals surface area contributed by atoms with Crippen molar-refractivity contribution >= 4 is 11.4 Å². The first-order chi connectivity index (χ1) is 10.0. The van der Waals surface area contributed by atoms with Gasteiger partial charge in [0.15, 0.2) is 11.6 Å². The highest BCUT2D eigenvalue weighted by Gasteiger charge is 2.13. The van der Waals surface area contributed by atoms with E-state index in [-0.39, 0.29) is 18.0 Å². The second kappa shape index (κ2) is 6.17. The Balaban J connectivity index is 2.17. The maximum absolute atomic E-state index is 13.4. The first-order valence-corrected chi connectivity index (χ1v) is 6.04. The molecule has 0 aliphatic carbocycles. The van der Waals surface area contributed by atoms with Crippen LogP contribution in [0.2, 0.25) is 0 Å². The summed E-state index contributed by atoms with van der Waals surface area (Å²) in [5.41, 5.74) is 0.840. The molecule has 1 N–H and O–H groups in total. The molecule has 0 bridgehead atoms.